The first-order valence-electron chi connectivity index (χ1n) is 6.62. The van der Waals surface area contributed by atoms with Crippen molar-refractivity contribution in [3.05, 3.63) is 60.2 Å². The molecule has 0 atom stereocenters. The van der Waals surface area contributed by atoms with Crippen molar-refractivity contribution in [2.24, 2.45) is 0 Å². The average Bonchev–Trinajstić information content (AvgIpc) is 2.54. The Bertz CT molecular complexity index is 712. The van der Waals surface area contributed by atoms with Gasteiger partial charge in [-0.05, 0) is 35.9 Å². The van der Waals surface area contributed by atoms with Crippen LogP contribution in [0, 0.1) is 12.3 Å². The van der Waals surface area contributed by atoms with E-state index in [1.165, 1.54) is 12.1 Å². The molecule has 0 aliphatic carbocycles. The summed E-state index contributed by atoms with van der Waals surface area (Å²) in [5.74, 6) is 2.77. The van der Waals surface area contributed by atoms with Gasteiger partial charge in [-0.25, -0.2) is 0 Å². The highest BCUT2D eigenvalue weighted by Crippen LogP contribution is 2.21. The lowest BCUT2D eigenvalue weighted by atomic mass is 10.2. The molecule has 4 heteroatoms. The molecular formula is C18H15NO3. The molecule has 1 amide bonds. The molecule has 0 aromatic heterocycles. The number of terminal acetylenes is 1. The second-order valence-electron chi connectivity index (χ2n) is 4.40. The summed E-state index contributed by atoms with van der Waals surface area (Å²) >= 11 is 0. The minimum atomic E-state index is -0.325. The second-order valence-corrected chi connectivity index (χ2v) is 4.40. The molecule has 0 fully saturated rings. The maximum Gasteiger partial charge on any atom is 0.248 e. The van der Waals surface area contributed by atoms with E-state index in [0.29, 0.717) is 11.4 Å². The van der Waals surface area contributed by atoms with Crippen LogP contribution in [0.3, 0.4) is 0 Å². The van der Waals surface area contributed by atoms with Gasteiger partial charge in [-0.1, -0.05) is 30.2 Å². The molecule has 110 valence electrons. The largest absolute Gasteiger partial charge is 0.506 e. The number of anilines is 1. The molecule has 2 rings (SSSR count). The number of ether oxygens (including phenoxy) is 1. The van der Waals surface area contributed by atoms with E-state index in [4.69, 9.17) is 11.2 Å². The van der Waals surface area contributed by atoms with Crippen LogP contribution < -0.4 is 10.1 Å². The van der Waals surface area contributed by atoms with Gasteiger partial charge in [-0.15, -0.1) is 6.42 Å². The predicted octanol–water partition coefficient (Wildman–Crippen LogP) is 3.06. The molecular weight excluding hydrogens is 278 g/mol. The summed E-state index contributed by atoms with van der Waals surface area (Å²) in [6.07, 6.45) is 8.17. The summed E-state index contributed by atoms with van der Waals surface area (Å²) in [5, 5.41) is 12.2. The molecule has 0 unspecified atom stereocenters. The van der Waals surface area contributed by atoms with E-state index >= 15 is 0 Å². The second kappa shape index (κ2) is 7.55. The molecule has 0 aliphatic rings. The summed E-state index contributed by atoms with van der Waals surface area (Å²) in [6.45, 7) is 0.220. The summed E-state index contributed by atoms with van der Waals surface area (Å²) in [6, 6.07) is 13.7. The molecule has 0 heterocycles. The number of aromatic hydroxyl groups is 1. The first-order chi connectivity index (χ1) is 10.7. The van der Waals surface area contributed by atoms with E-state index < -0.39 is 0 Å². The number of phenols is 1. The lowest BCUT2D eigenvalue weighted by Crippen LogP contribution is -2.07. The van der Waals surface area contributed by atoms with E-state index in [-0.39, 0.29) is 18.3 Å². The number of para-hydroxylation sites is 2. The van der Waals surface area contributed by atoms with Gasteiger partial charge in [0.1, 0.15) is 18.1 Å². The zero-order chi connectivity index (χ0) is 15.8. The summed E-state index contributed by atoms with van der Waals surface area (Å²) in [5.41, 5.74) is 1.22. The van der Waals surface area contributed by atoms with Crippen LogP contribution in [0.25, 0.3) is 6.08 Å². The van der Waals surface area contributed by atoms with E-state index in [0.717, 1.165) is 5.56 Å². The third kappa shape index (κ3) is 4.43. The minimum Gasteiger partial charge on any atom is -0.506 e. The number of benzene rings is 2. The quantitative estimate of drug-likeness (QED) is 0.506. The molecule has 0 saturated heterocycles. The fourth-order valence-electron chi connectivity index (χ4n) is 1.73. The van der Waals surface area contributed by atoms with Gasteiger partial charge < -0.3 is 15.2 Å². The maximum atomic E-state index is 11.8. The summed E-state index contributed by atoms with van der Waals surface area (Å²) < 4.78 is 5.26. The number of hydrogen-bond donors (Lipinski definition) is 2. The van der Waals surface area contributed by atoms with Crippen molar-refractivity contribution in [3.63, 3.8) is 0 Å². The van der Waals surface area contributed by atoms with Crippen molar-refractivity contribution < 1.29 is 14.6 Å². The van der Waals surface area contributed by atoms with Crippen molar-refractivity contribution >= 4 is 17.7 Å². The monoisotopic (exact) mass is 293 g/mol. The average molecular weight is 293 g/mol. The molecule has 0 saturated carbocycles. The Labute approximate surface area is 129 Å². The van der Waals surface area contributed by atoms with Crippen LogP contribution in [-0.4, -0.2) is 17.6 Å². The number of nitrogens with one attached hydrogen (secondary N) is 1. The molecule has 2 aromatic carbocycles. The molecule has 0 bridgehead atoms. The van der Waals surface area contributed by atoms with Crippen LogP contribution in [0.15, 0.2) is 54.6 Å². The molecule has 0 radical (unpaired) electrons. The third-order valence-electron chi connectivity index (χ3n) is 2.79. The number of hydrogen-bond acceptors (Lipinski definition) is 3. The summed E-state index contributed by atoms with van der Waals surface area (Å²) in [7, 11) is 0. The normalized spacial score (nSPS) is 10.1. The van der Waals surface area contributed by atoms with Gasteiger partial charge in [0.05, 0.1) is 5.69 Å². The molecule has 0 aliphatic heterocycles. The lowest BCUT2D eigenvalue weighted by molar-refractivity contribution is -0.111. The van der Waals surface area contributed by atoms with Gasteiger partial charge in [-0.2, -0.15) is 0 Å². The van der Waals surface area contributed by atoms with Crippen molar-refractivity contribution in [2.45, 2.75) is 0 Å². The molecule has 0 spiro atoms. The van der Waals surface area contributed by atoms with E-state index in [1.807, 2.05) is 12.1 Å². The Morgan fingerprint density at radius 1 is 1.23 bits per heavy atom. The zero-order valence-electron chi connectivity index (χ0n) is 11.8. The number of carbonyl (C=O) groups excluding carboxylic acids is 1. The van der Waals surface area contributed by atoms with Crippen LogP contribution in [0.1, 0.15) is 5.56 Å². The Balaban J connectivity index is 1.95. The first-order valence-corrected chi connectivity index (χ1v) is 6.62. The van der Waals surface area contributed by atoms with Crippen molar-refractivity contribution in [2.75, 3.05) is 11.9 Å². The highest BCUT2D eigenvalue weighted by molar-refractivity contribution is 6.02. The van der Waals surface area contributed by atoms with Gasteiger partial charge in [0.25, 0.3) is 0 Å². The highest BCUT2D eigenvalue weighted by Gasteiger charge is 2.02. The lowest BCUT2D eigenvalue weighted by Gasteiger charge is -2.04. The van der Waals surface area contributed by atoms with Gasteiger partial charge in [0.2, 0.25) is 5.91 Å². The van der Waals surface area contributed by atoms with Crippen LogP contribution in [0.4, 0.5) is 5.69 Å². The number of rotatable bonds is 5. The molecule has 22 heavy (non-hydrogen) atoms. The third-order valence-corrected chi connectivity index (χ3v) is 2.79. The SMILES string of the molecule is C#CCOc1ccc(/C=C/C(=O)Nc2ccccc2O)cc1. The van der Waals surface area contributed by atoms with Crippen LogP contribution >= 0.6 is 0 Å². The standard InChI is InChI=1S/C18H15NO3/c1-2-13-22-15-10-7-14(8-11-15)9-12-18(21)19-16-5-3-4-6-17(16)20/h1,3-12,20H,13H2,(H,19,21)/b12-9+. The highest BCUT2D eigenvalue weighted by atomic mass is 16.5. The van der Waals surface area contributed by atoms with Crippen LogP contribution in [0.2, 0.25) is 0 Å². The van der Waals surface area contributed by atoms with E-state index in [2.05, 4.69) is 11.2 Å². The van der Waals surface area contributed by atoms with Gasteiger partial charge in [0.15, 0.2) is 0 Å². The minimum absolute atomic E-state index is 0.0271. The molecule has 4 nitrogen and oxygen atoms in total. The first kappa shape index (κ1) is 15.2. The molecule has 2 aromatic rings. The fourth-order valence-corrected chi connectivity index (χ4v) is 1.73. The Morgan fingerprint density at radius 2 is 1.95 bits per heavy atom. The van der Waals surface area contributed by atoms with Gasteiger partial charge in [-0.3, -0.25) is 4.79 Å². The smallest absolute Gasteiger partial charge is 0.248 e. The van der Waals surface area contributed by atoms with Crippen molar-refractivity contribution in [3.8, 4) is 23.8 Å². The van der Waals surface area contributed by atoms with E-state index in [9.17, 15) is 9.90 Å². The number of phenolic OH excluding ortho intramolecular Hbond substituents is 1. The topological polar surface area (TPSA) is 58.6 Å². The fraction of sp³-hybridized carbons (Fsp3) is 0.0556. The van der Waals surface area contributed by atoms with Crippen molar-refractivity contribution in [1.29, 1.82) is 0 Å². The Morgan fingerprint density at radius 3 is 2.64 bits per heavy atom. The predicted molar refractivity (Wildman–Crippen MR) is 86.5 cm³/mol. The Kier molecular flexibility index (Phi) is 5.22. The maximum absolute atomic E-state index is 11.8. The van der Waals surface area contributed by atoms with Crippen LogP contribution in [-0.2, 0) is 4.79 Å². The van der Waals surface area contributed by atoms with Gasteiger partial charge >= 0.3 is 0 Å². The number of carbonyl (C=O) groups is 1. The zero-order valence-corrected chi connectivity index (χ0v) is 11.8. The molecule has 2 N–H and O–H groups in total. The van der Waals surface area contributed by atoms with E-state index in [1.54, 1.807) is 36.4 Å². The Hall–Kier alpha value is -3.19. The number of amides is 1. The van der Waals surface area contributed by atoms with Gasteiger partial charge in [0, 0.05) is 6.08 Å². The van der Waals surface area contributed by atoms with Crippen molar-refractivity contribution in [1.82, 2.24) is 0 Å². The summed E-state index contributed by atoms with van der Waals surface area (Å²) in [4.78, 5) is 11.8. The van der Waals surface area contributed by atoms with Crippen LogP contribution in [0.5, 0.6) is 11.5 Å².